The largest absolute Gasteiger partial charge is 0.389 e. The van der Waals surface area contributed by atoms with Gasteiger partial charge in [0.15, 0.2) is 0 Å². The lowest BCUT2D eigenvalue weighted by Gasteiger charge is -2.27. The fraction of sp³-hybridized carbons (Fsp3) is 0.583. The van der Waals surface area contributed by atoms with Gasteiger partial charge in [-0.05, 0) is 19.9 Å². The van der Waals surface area contributed by atoms with Crippen LogP contribution >= 0.6 is 0 Å². The SMILES string of the molecule is CN(CC(C)(C)O)C(=O)CN(C)c1ncccn1. The van der Waals surface area contributed by atoms with E-state index in [2.05, 4.69) is 9.97 Å². The van der Waals surface area contributed by atoms with Gasteiger partial charge in [0.1, 0.15) is 0 Å². The van der Waals surface area contributed by atoms with Crippen molar-refractivity contribution in [2.75, 3.05) is 32.1 Å². The predicted molar refractivity (Wildman–Crippen MR) is 69.2 cm³/mol. The van der Waals surface area contributed by atoms with Gasteiger partial charge >= 0.3 is 0 Å². The van der Waals surface area contributed by atoms with E-state index in [0.717, 1.165) is 0 Å². The van der Waals surface area contributed by atoms with Gasteiger partial charge in [0.25, 0.3) is 0 Å². The van der Waals surface area contributed by atoms with Crippen LogP contribution in [0.25, 0.3) is 0 Å². The highest BCUT2D eigenvalue weighted by atomic mass is 16.3. The Hall–Kier alpha value is -1.69. The quantitative estimate of drug-likeness (QED) is 0.807. The molecule has 1 amide bonds. The number of hydrogen-bond donors (Lipinski definition) is 1. The molecular formula is C12H20N4O2. The zero-order chi connectivity index (χ0) is 13.8. The summed E-state index contributed by atoms with van der Waals surface area (Å²) >= 11 is 0. The Morgan fingerprint density at radius 2 is 1.89 bits per heavy atom. The van der Waals surface area contributed by atoms with E-state index < -0.39 is 5.60 Å². The van der Waals surface area contributed by atoms with Crippen molar-refractivity contribution in [1.29, 1.82) is 0 Å². The van der Waals surface area contributed by atoms with Crippen LogP contribution in [0.1, 0.15) is 13.8 Å². The molecule has 6 heteroatoms. The highest BCUT2D eigenvalue weighted by Crippen LogP contribution is 2.06. The maximum absolute atomic E-state index is 11.9. The minimum Gasteiger partial charge on any atom is -0.389 e. The Morgan fingerprint density at radius 3 is 2.39 bits per heavy atom. The molecule has 0 fully saturated rings. The number of aromatic nitrogens is 2. The standard InChI is InChI=1S/C12H20N4O2/c1-12(2,18)9-16(4)10(17)8-15(3)11-13-6-5-7-14-11/h5-7,18H,8-9H2,1-4H3. The molecule has 0 bridgehead atoms. The fourth-order valence-corrected chi connectivity index (χ4v) is 1.55. The van der Waals surface area contributed by atoms with Crippen LogP contribution in [-0.2, 0) is 4.79 Å². The smallest absolute Gasteiger partial charge is 0.242 e. The van der Waals surface area contributed by atoms with Crippen LogP contribution in [0.3, 0.4) is 0 Å². The first kappa shape index (κ1) is 14.4. The molecule has 100 valence electrons. The van der Waals surface area contributed by atoms with Gasteiger partial charge in [0, 0.05) is 33.0 Å². The molecule has 0 aliphatic carbocycles. The summed E-state index contributed by atoms with van der Waals surface area (Å²) in [5.74, 6) is 0.412. The molecule has 0 radical (unpaired) electrons. The Balaban J connectivity index is 2.55. The number of carbonyl (C=O) groups excluding carboxylic acids is 1. The summed E-state index contributed by atoms with van der Waals surface area (Å²) in [6, 6.07) is 1.72. The summed E-state index contributed by atoms with van der Waals surface area (Å²) in [6.07, 6.45) is 3.26. The second-order valence-corrected chi connectivity index (χ2v) is 4.97. The van der Waals surface area contributed by atoms with Crippen molar-refractivity contribution in [2.45, 2.75) is 19.4 Å². The minimum atomic E-state index is -0.897. The van der Waals surface area contributed by atoms with Gasteiger partial charge in [0.2, 0.25) is 11.9 Å². The van der Waals surface area contributed by atoms with Crippen LogP contribution in [0, 0.1) is 0 Å². The van der Waals surface area contributed by atoms with Crippen molar-refractivity contribution >= 4 is 11.9 Å². The van der Waals surface area contributed by atoms with Crippen molar-refractivity contribution in [3.05, 3.63) is 18.5 Å². The van der Waals surface area contributed by atoms with Gasteiger partial charge in [-0.2, -0.15) is 0 Å². The Labute approximate surface area is 107 Å². The van der Waals surface area contributed by atoms with E-state index in [9.17, 15) is 9.90 Å². The molecule has 0 saturated heterocycles. The summed E-state index contributed by atoms with van der Waals surface area (Å²) in [7, 11) is 3.42. The summed E-state index contributed by atoms with van der Waals surface area (Å²) in [5.41, 5.74) is -0.897. The van der Waals surface area contributed by atoms with E-state index >= 15 is 0 Å². The van der Waals surface area contributed by atoms with E-state index in [1.165, 1.54) is 4.90 Å². The number of hydrogen-bond acceptors (Lipinski definition) is 5. The topological polar surface area (TPSA) is 69.6 Å². The molecule has 0 aliphatic heterocycles. The molecule has 0 saturated carbocycles. The number of aliphatic hydroxyl groups is 1. The number of nitrogens with zero attached hydrogens (tertiary/aromatic N) is 4. The third-order valence-electron chi connectivity index (χ3n) is 2.32. The number of amides is 1. The van der Waals surface area contributed by atoms with Gasteiger partial charge in [-0.1, -0.05) is 0 Å². The van der Waals surface area contributed by atoms with Crippen LogP contribution in [0.15, 0.2) is 18.5 Å². The van der Waals surface area contributed by atoms with Crippen molar-refractivity contribution in [1.82, 2.24) is 14.9 Å². The monoisotopic (exact) mass is 252 g/mol. The molecule has 0 atom stereocenters. The number of carbonyl (C=O) groups is 1. The average molecular weight is 252 g/mol. The first-order valence-electron chi connectivity index (χ1n) is 5.74. The highest BCUT2D eigenvalue weighted by Gasteiger charge is 2.20. The molecule has 1 N–H and O–H groups in total. The van der Waals surface area contributed by atoms with Gasteiger partial charge in [-0.3, -0.25) is 4.79 Å². The van der Waals surface area contributed by atoms with E-state index in [4.69, 9.17) is 0 Å². The Bertz CT molecular complexity index is 389. The summed E-state index contributed by atoms with van der Waals surface area (Å²) in [5, 5.41) is 9.66. The molecule has 0 spiro atoms. The van der Waals surface area contributed by atoms with Crippen molar-refractivity contribution in [2.24, 2.45) is 0 Å². The summed E-state index contributed by atoms with van der Waals surface area (Å²) < 4.78 is 0. The van der Waals surface area contributed by atoms with Crippen LogP contribution in [0.2, 0.25) is 0 Å². The van der Waals surface area contributed by atoms with Gasteiger partial charge < -0.3 is 14.9 Å². The lowest BCUT2D eigenvalue weighted by molar-refractivity contribution is -0.131. The lowest BCUT2D eigenvalue weighted by atomic mass is 10.1. The maximum Gasteiger partial charge on any atom is 0.242 e. The summed E-state index contributed by atoms with van der Waals surface area (Å²) in [6.45, 7) is 3.80. The van der Waals surface area contributed by atoms with Crippen LogP contribution in [0.4, 0.5) is 5.95 Å². The third-order valence-corrected chi connectivity index (χ3v) is 2.32. The number of anilines is 1. The van der Waals surface area contributed by atoms with Crippen molar-refractivity contribution in [3.63, 3.8) is 0 Å². The van der Waals surface area contributed by atoms with Crippen molar-refractivity contribution in [3.8, 4) is 0 Å². The lowest BCUT2D eigenvalue weighted by Crippen LogP contribution is -2.44. The Morgan fingerprint density at radius 1 is 1.33 bits per heavy atom. The van der Waals surface area contributed by atoms with E-state index in [-0.39, 0.29) is 19.0 Å². The second kappa shape index (κ2) is 5.77. The minimum absolute atomic E-state index is 0.0907. The number of rotatable bonds is 5. The van der Waals surface area contributed by atoms with E-state index in [0.29, 0.717) is 5.95 Å². The van der Waals surface area contributed by atoms with Crippen LogP contribution in [0.5, 0.6) is 0 Å². The average Bonchev–Trinajstić information content (AvgIpc) is 2.27. The van der Waals surface area contributed by atoms with Crippen molar-refractivity contribution < 1.29 is 9.90 Å². The molecule has 1 rings (SSSR count). The maximum atomic E-state index is 11.9. The molecule has 1 aromatic rings. The van der Waals surface area contributed by atoms with Crippen LogP contribution < -0.4 is 4.90 Å². The van der Waals surface area contributed by atoms with Crippen LogP contribution in [-0.4, -0.2) is 58.7 Å². The van der Waals surface area contributed by atoms with Gasteiger partial charge in [-0.15, -0.1) is 0 Å². The number of likely N-dealkylation sites (N-methyl/N-ethyl adjacent to an activating group) is 2. The highest BCUT2D eigenvalue weighted by molar-refractivity contribution is 5.80. The molecular weight excluding hydrogens is 232 g/mol. The Kier molecular flexibility index (Phi) is 4.61. The predicted octanol–water partition coefficient (Wildman–Crippen LogP) is 0.142. The molecule has 0 aliphatic rings. The third kappa shape index (κ3) is 4.67. The first-order chi connectivity index (χ1) is 8.29. The first-order valence-corrected chi connectivity index (χ1v) is 5.74. The second-order valence-electron chi connectivity index (χ2n) is 4.97. The zero-order valence-corrected chi connectivity index (χ0v) is 11.3. The summed E-state index contributed by atoms with van der Waals surface area (Å²) in [4.78, 5) is 23.2. The van der Waals surface area contributed by atoms with E-state index in [1.807, 2.05) is 0 Å². The van der Waals surface area contributed by atoms with Gasteiger partial charge in [0.05, 0.1) is 12.1 Å². The van der Waals surface area contributed by atoms with E-state index in [1.54, 1.807) is 51.3 Å². The van der Waals surface area contributed by atoms with Gasteiger partial charge in [-0.25, -0.2) is 9.97 Å². The molecule has 1 aromatic heterocycles. The molecule has 6 nitrogen and oxygen atoms in total. The normalized spacial score (nSPS) is 11.2. The zero-order valence-electron chi connectivity index (χ0n) is 11.3. The fourth-order valence-electron chi connectivity index (χ4n) is 1.55. The molecule has 0 aromatic carbocycles. The molecule has 1 heterocycles. The molecule has 18 heavy (non-hydrogen) atoms. The molecule has 0 unspecified atom stereocenters.